The Morgan fingerprint density at radius 1 is 1.20 bits per heavy atom. The van der Waals surface area contributed by atoms with E-state index in [2.05, 4.69) is 41.8 Å². The number of rotatable bonds is 2. The zero-order chi connectivity index (χ0) is 14.3. The minimum absolute atomic E-state index is 0.102. The highest BCUT2D eigenvalue weighted by Crippen LogP contribution is 2.27. The summed E-state index contributed by atoms with van der Waals surface area (Å²) in [6, 6.07) is 7.04. The smallest absolute Gasteiger partial charge is 0.196 e. The van der Waals surface area contributed by atoms with Crippen LogP contribution in [-0.2, 0) is 0 Å². The monoisotopic (exact) mass is 393 g/mol. The molecular weight excluding hydrogens is 386 g/mol. The first-order valence-electron chi connectivity index (χ1n) is 5.78. The molecule has 3 aromatic rings. The van der Waals surface area contributed by atoms with Crippen molar-refractivity contribution in [2.75, 3.05) is 5.73 Å². The van der Waals surface area contributed by atoms with Crippen molar-refractivity contribution < 1.29 is 4.79 Å². The number of nitrogens with two attached hydrogens (primary N) is 1. The number of aromatic amines is 1. The van der Waals surface area contributed by atoms with E-state index in [0.29, 0.717) is 26.9 Å². The number of hydrogen-bond acceptors (Lipinski definition) is 3. The van der Waals surface area contributed by atoms with Crippen LogP contribution in [0.3, 0.4) is 0 Å². The number of ketones is 1. The van der Waals surface area contributed by atoms with Crippen LogP contribution in [0.15, 0.2) is 45.6 Å². The van der Waals surface area contributed by atoms with Crippen molar-refractivity contribution in [3.63, 3.8) is 0 Å². The van der Waals surface area contributed by atoms with E-state index >= 15 is 0 Å². The second-order valence-electron chi connectivity index (χ2n) is 4.32. The Labute approximate surface area is 131 Å². The number of pyridine rings is 1. The first-order valence-corrected chi connectivity index (χ1v) is 7.37. The first kappa shape index (κ1) is 13.3. The van der Waals surface area contributed by atoms with Gasteiger partial charge in [-0.1, -0.05) is 15.9 Å². The Hall–Kier alpha value is -1.66. The van der Waals surface area contributed by atoms with Crippen molar-refractivity contribution >= 4 is 54.4 Å². The topological polar surface area (TPSA) is 71.8 Å². The SMILES string of the molecule is Nc1ccc(Br)c(C(=O)c2c[nH]c3ncc(Br)cc23)c1. The van der Waals surface area contributed by atoms with Gasteiger partial charge in [0.25, 0.3) is 0 Å². The summed E-state index contributed by atoms with van der Waals surface area (Å²) in [7, 11) is 0. The average molecular weight is 395 g/mol. The van der Waals surface area contributed by atoms with E-state index < -0.39 is 0 Å². The Morgan fingerprint density at radius 2 is 2.00 bits per heavy atom. The Kier molecular flexibility index (Phi) is 3.35. The lowest BCUT2D eigenvalue weighted by molar-refractivity contribution is 0.103. The molecule has 3 rings (SSSR count). The number of aromatic nitrogens is 2. The van der Waals surface area contributed by atoms with Gasteiger partial charge < -0.3 is 10.7 Å². The maximum atomic E-state index is 12.7. The van der Waals surface area contributed by atoms with Crippen LogP contribution < -0.4 is 5.73 Å². The molecule has 0 fully saturated rings. The zero-order valence-electron chi connectivity index (χ0n) is 10.2. The minimum atomic E-state index is -0.102. The highest BCUT2D eigenvalue weighted by molar-refractivity contribution is 9.10. The lowest BCUT2D eigenvalue weighted by atomic mass is 10.0. The van der Waals surface area contributed by atoms with Crippen molar-refractivity contribution in [1.82, 2.24) is 9.97 Å². The molecule has 0 unspecified atom stereocenters. The van der Waals surface area contributed by atoms with Crippen LogP contribution in [0.2, 0.25) is 0 Å². The van der Waals surface area contributed by atoms with Crippen LogP contribution in [-0.4, -0.2) is 15.8 Å². The second-order valence-corrected chi connectivity index (χ2v) is 6.09. The van der Waals surface area contributed by atoms with E-state index in [1.165, 1.54) is 0 Å². The van der Waals surface area contributed by atoms with Crippen molar-refractivity contribution in [3.05, 3.63) is 56.7 Å². The molecule has 0 radical (unpaired) electrons. The van der Waals surface area contributed by atoms with Gasteiger partial charge in [-0.2, -0.15) is 0 Å². The van der Waals surface area contributed by atoms with Gasteiger partial charge >= 0.3 is 0 Å². The number of anilines is 1. The number of carbonyl (C=O) groups is 1. The predicted molar refractivity (Wildman–Crippen MR) is 85.8 cm³/mol. The fourth-order valence-corrected chi connectivity index (χ4v) is 2.79. The Balaban J connectivity index is 2.17. The quantitative estimate of drug-likeness (QED) is 0.511. The van der Waals surface area contributed by atoms with Crippen LogP contribution in [0.25, 0.3) is 11.0 Å². The average Bonchev–Trinajstić information content (AvgIpc) is 2.83. The van der Waals surface area contributed by atoms with Gasteiger partial charge in [-0.15, -0.1) is 0 Å². The molecule has 3 N–H and O–H groups in total. The first-order chi connectivity index (χ1) is 9.56. The third kappa shape index (κ3) is 2.25. The van der Waals surface area contributed by atoms with Gasteiger partial charge in [0.05, 0.1) is 0 Å². The summed E-state index contributed by atoms with van der Waals surface area (Å²) in [5.74, 6) is -0.102. The summed E-state index contributed by atoms with van der Waals surface area (Å²) in [6.07, 6.45) is 3.35. The summed E-state index contributed by atoms with van der Waals surface area (Å²) in [4.78, 5) is 19.9. The molecule has 0 bridgehead atoms. The standard InChI is InChI=1S/C14H9Br2N3O/c15-7-3-9-11(6-19-14(9)18-5-7)13(20)10-4-8(17)1-2-12(10)16/h1-6H,17H2,(H,18,19). The third-order valence-corrected chi connectivity index (χ3v) is 4.10. The number of benzene rings is 1. The predicted octanol–water partition coefficient (Wildman–Crippen LogP) is 3.90. The van der Waals surface area contributed by atoms with E-state index in [1.807, 2.05) is 6.07 Å². The van der Waals surface area contributed by atoms with Gasteiger partial charge in [-0.3, -0.25) is 4.79 Å². The highest BCUT2D eigenvalue weighted by Gasteiger charge is 2.17. The molecule has 4 nitrogen and oxygen atoms in total. The minimum Gasteiger partial charge on any atom is -0.399 e. The van der Waals surface area contributed by atoms with Crippen LogP contribution >= 0.6 is 31.9 Å². The largest absolute Gasteiger partial charge is 0.399 e. The maximum absolute atomic E-state index is 12.7. The van der Waals surface area contributed by atoms with Crippen LogP contribution in [0.5, 0.6) is 0 Å². The normalized spacial score (nSPS) is 10.9. The number of halogens is 2. The molecule has 0 aliphatic carbocycles. The van der Waals surface area contributed by atoms with E-state index in [1.54, 1.807) is 30.6 Å². The van der Waals surface area contributed by atoms with Crippen molar-refractivity contribution in [2.45, 2.75) is 0 Å². The van der Waals surface area contributed by atoms with E-state index in [9.17, 15) is 4.79 Å². The van der Waals surface area contributed by atoms with Gasteiger partial charge in [-0.05, 0) is 40.2 Å². The molecule has 0 saturated carbocycles. The number of nitrogens with zero attached hydrogens (tertiary/aromatic N) is 1. The van der Waals surface area contributed by atoms with Gasteiger partial charge in [0, 0.05) is 43.5 Å². The van der Waals surface area contributed by atoms with Crippen molar-refractivity contribution in [2.24, 2.45) is 0 Å². The van der Waals surface area contributed by atoms with Gasteiger partial charge in [-0.25, -0.2) is 4.98 Å². The molecule has 6 heteroatoms. The lowest BCUT2D eigenvalue weighted by Gasteiger charge is -2.04. The lowest BCUT2D eigenvalue weighted by Crippen LogP contribution is -2.02. The van der Waals surface area contributed by atoms with Crippen molar-refractivity contribution in [1.29, 1.82) is 0 Å². The molecule has 0 aliphatic heterocycles. The molecule has 2 heterocycles. The van der Waals surface area contributed by atoms with Crippen molar-refractivity contribution in [3.8, 4) is 0 Å². The maximum Gasteiger partial charge on any atom is 0.196 e. The molecule has 0 saturated heterocycles. The Morgan fingerprint density at radius 3 is 2.80 bits per heavy atom. The van der Waals surface area contributed by atoms with Gasteiger partial charge in [0.15, 0.2) is 5.78 Å². The summed E-state index contributed by atoms with van der Waals surface area (Å²) >= 11 is 6.75. The molecule has 1 aromatic carbocycles. The summed E-state index contributed by atoms with van der Waals surface area (Å²) < 4.78 is 1.54. The molecular formula is C14H9Br2N3O. The summed E-state index contributed by atoms with van der Waals surface area (Å²) in [5, 5.41) is 0.777. The number of hydrogen-bond donors (Lipinski definition) is 2. The number of H-pyrrole nitrogens is 1. The number of carbonyl (C=O) groups excluding carboxylic acids is 1. The molecule has 100 valence electrons. The number of nitrogen functional groups attached to an aromatic ring is 1. The van der Waals surface area contributed by atoms with Gasteiger partial charge in [0.1, 0.15) is 5.65 Å². The fraction of sp³-hybridized carbons (Fsp3) is 0. The van der Waals surface area contributed by atoms with E-state index in [0.717, 1.165) is 9.86 Å². The van der Waals surface area contributed by atoms with Crippen LogP contribution in [0.1, 0.15) is 15.9 Å². The highest BCUT2D eigenvalue weighted by atomic mass is 79.9. The Bertz CT molecular complexity index is 826. The van der Waals surface area contributed by atoms with E-state index in [4.69, 9.17) is 5.73 Å². The third-order valence-electron chi connectivity index (χ3n) is 2.98. The molecule has 0 atom stereocenters. The zero-order valence-corrected chi connectivity index (χ0v) is 13.3. The van der Waals surface area contributed by atoms with E-state index in [-0.39, 0.29) is 5.78 Å². The number of nitrogens with one attached hydrogen (secondary N) is 1. The molecule has 0 aliphatic rings. The number of fused-ring (bicyclic) bond motifs is 1. The molecule has 20 heavy (non-hydrogen) atoms. The van der Waals surface area contributed by atoms with Crippen LogP contribution in [0.4, 0.5) is 5.69 Å². The summed E-state index contributed by atoms with van der Waals surface area (Å²) in [5.41, 5.74) is 8.09. The fourth-order valence-electron chi connectivity index (χ4n) is 2.03. The molecule has 2 aromatic heterocycles. The summed E-state index contributed by atoms with van der Waals surface area (Å²) in [6.45, 7) is 0. The van der Waals surface area contributed by atoms with Gasteiger partial charge in [0.2, 0.25) is 0 Å². The molecule has 0 amide bonds. The molecule has 0 spiro atoms. The van der Waals surface area contributed by atoms with Crippen LogP contribution in [0, 0.1) is 0 Å². The second kappa shape index (κ2) is 5.03.